The zero-order valence-electron chi connectivity index (χ0n) is 17.6. The monoisotopic (exact) mass is 394 g/mol. The third-order valence-corrected chi connectivity index (χ3v) is 4.51. The summed E-state index contributed by atoms with van der Waals surface area (Å²) in [5, 5.41) is 6.59. The molecule has 0 saturated heterocycles. The second-order valence-corrected chi connectivity index (χ2v) is 6.70. The van der Waals surface area contributed by atoms with E-state index in [0.29, 0.717) is 29.0 Å². The van der Waals surface area contributed by atoms with Crippen molar-refractivity contribution in [3.05, 3.63) is 53.2 Å². The first-order valence-electron chi connectivity index (χ1n) is 9.20. The maximum absolute atomic E-state index is 5.40. The highest BCUT2D eigenvalue weighted by molar-refractivity contribution is 5.68. The fourth-order valence-electron chi connectivity index (χ4n) is 3.28. The van der Waals surface area contributed by atoms with Crippen LogP contribution in [0.25, 0.3) is 0 Å². The normalized spacial score (nSPS) is 10.4. The largest absolute Gasteiger partial charge is 0.493 e. The van der Waals surface area contributed by atoms with E-state index in [1.807, 2.05) is 6.07 Å². The van der Waals surface area contributed by atoms with E-state index >= 15 is 0 Å². The zero-order chi connectivity index (χ0) is 21.0. The second-order valence-electron chi connectivity index (χ2n) is 6.70. The van der Waals surface area contributed by atoms with Crippen molar-refractivity contribution < 1.29 is 14.2 Å². The van der Waals surface area contributed by atoms with E-state index < -0.39 is 0 Å². The fourth-order valence-corrected chi connectivity index (χ4v) is 3.28. The average Bonchev–Trinajstić information content (AvgIpc) is 2.70. The molecule has 152 valence electrons. The van der Waals surface area contributed by atoms with Crippen LogP contribution in [0.3, 0.4) is 0 Å². The number of hydrogen-bond acceptors (Lipinski definition) is 7. The Morgan fingerprint density at radius 3 is 1.97 bits per heavy atom. The van der Waals surface area contributed by atoms with E-state index in [9.17, 15) is 0 Å². The molecule has 0 aliphatic carbocycles. The maximum Gasteiger partial charge on any atom is 0.229 e. The van der Waals surface area contributed by atoms with Crippen molar-refractivity contribution >= 4 is 23.1 Å². The summed E-state index contributed by atoms with van der Waals surface area (Å²) in [5.41, 5.74) is 5.34. The molecule has 7 heteroatoms. The number of anilines is 4. The molecule has 2 N–H and O–H groups in total. The number of aryl methyl sites for hydroxylation is 3. The lowest BCUT2D eigenvalue weighted by molar-refractivity contribution is 0.324. The Hall–Kier alpha value is -3.48. The van der Waals surface area contributed by atoms with Crippen molar-refractivity contribution in [3.63, 3.8) is 0 Å². The van der Waals surface area contributed by atoms with Crippen molar-refractivity contribution in [3.8, 4) is 17.2 Å². The van der Waals surface area contributed by atoms with E-state index in [2.05, 4.69) is 53.5 Å². The second kappa shape index (κ2) is 8.68. The Morgan fingerprint density at radius 2 is 1.41 bits per heavy atom. The van der Waals surface area contributed by atoms with E-state index in [0.717, 1.165) is 11.4 Å². The lowest BCUT2D eigenvalue weighted by Gasteiger charge is -2.15. The SMILES string of the molecule is COc1cc(Nc2nccc(Nc3c(C)cc(C)cc3C)n2)cc(OC)c1OC. The molecule has 1 aromatic heterocycles. The van der Waals surface area contributed by atoms with Crippen molar-refractivity contribution in [2.45, 2.75) is 20.8 Å². The van der Waals surface area contributed by atoms with Gasteiger partial charge in [0.2, 0.25) is 11.7 Å². The summed E-state index contributed by atoms with van der Waals surface area (Å²) in [4.78, 5) is 8.89. The molecule has 29 heavy (non-hydrogen) atoms. The van der Waals surface area contributed by atoms with Crippen LogP contribution >= 0.6 is 0 Å². The van der Waals surface area contributed by atoms with Crippen LogP contribution in [0.2, 0.25) is 0 Å². The summed E-state index contributed by atoms with van der Waals surface area (Å²) in [6.45, 7) is 6.26. The van der Waals surface area contributed by atoms with Gasteiger partial charge in [-0.3, -0.25) is 0 Å². The van der Waals surface area contributed by atoms with Gasteiger partial charge >= 0.3 is 0 Å². The molecule has 0 amide bonds. The topological polar surface area (TPSA) is 77.5 Å². The molecular weight excluding hydrogens is 368 g/mol. The number of ether oxygens (including phenoxy) is 3. The highest BCUT2D eigenvalue weighted by Crippen LogP contribution is 2.40. The summed E-state index contributed by atoms with van der Waals surface area (Å²) in [6, 6.07) is 9.73. The molecule has 0 saturated carbocycles. The van der Waals surface area contributed by atoms with Crippen LogP contribution in [0.15, 0.2) is 36.5 Å². The van der Waals surface area contributed by atoms with Crippen LogP contribution in [-0.4, -0.2) is 31.3 Å². The summed E-state index contributed by atoms with van der Waals surface area (Å²) in [5.74, 6) is 2.78. The minimum absolute atomic E-state index is 0.451. The van der Waals surface area contributed by atoms with Gasteiger partial charge < -0.3 is 24.8 Å². The zero-order valence-corrected chi connectivity index (χ0v) is 17.6. The lowest BCUT2D eigenvalue weighted by atomic mass is 10.1. The maximum atomic E-state index is 5.40. The first kappa shape index (κ1) is 20.3. The number of methoxy groups -OCH3 is 3. The minimum Gasteiger partial charge on any atom is -0.493 e. The van der Waals surface area contributed by atoms with Crippen LogP contribution < -0.4 is 24.8 Å². The molecule has 0 fully saturated rings. The Kier molecular flexibility index (Phi) is 6.07. The van der Waals surface area contributed by atoms with Gasteiger partial charge in [-0.25, -0.2) is 4.98 Å². The first-order chi connectivity index (χ1) is 13.9. The van der Waals surface area contributed by atoms with Crippen molar-refractivity contribution in [2.75, 3.05) is 32.0 Å². The predicted octanol–water partition coefficient (Wildman–Crippen LogP) is 4.91. The Labute approximate surface area is 171 Å². The summed E-state index contributed by atoms with van der Waals surface area (Å²) in [6.07, 6.45) is 1.70. The molecule has 1 heterocycles. The van der Waals surface area contributed by atoms with Gasteiger partial charge in [-0.1, -0.05) is 17.7 Å². The summed E-state index contributed by atoms with van der Waals surface area (Å²) < 4.78 is 16.2. The standard InChI is InChI=1S/C22H26N4O3/c1-13-9-14(2)20(15(3)10-13)25-19-7-8-23-22(26-19)24-16-11-17(27-4)21(29-6)18(12-16)28-5/h7-12H,1-6H3,(H2,23,24,25,26). The van der Waals surface area contributed by atoms with Crippen molar-refractivity contribution in [1.29, 1.82) is 0 Å². The van der Waals surface area contributed by atoms with Gasteiger partial charge in [0.15, 0.2) is 11.5 Å². The third kappa shape index (κ3) is 4.51. The predicted molar refractivity (Wildman–Crippen MR) is 115 cm³/mol. The lowest BCUT2D eigenvalue weighted by Crippen LogP contribution is -2.03. The molecule has 3 aromatic rings. The van der Waals surface area contributed by atoms with Gasteiger partial charge in [-0.05, 0) is 38.0 Å². The molecule has 2 aromatic carbocycles. The molecule has 0 spiro atoms. The molecule has 0 unspecified atom stereocenters. The van der Waals surface area contributed by atoms with Gasteiger partial charge in [0.1, 0.15) is 5.82 Å². The minimum atomic E-state index is 0.451. The van der Waals surface area contributed by atoms with Crippen LogP contribution in [-0.2, 0) is 0 Å². The fraction of sp³-hybridized carbons (Fsp3) is 0.273. The summed E-state index contributed by atoms with van der Waals surface area (Å²) >= 11 is 0. The van der Waals surface area contributed by atoms with Gasteiger partial charge in [-0.15, -0.1) is 0 Å². The van der Waals surface area contributed by atoms with E-state index in [-0.39, 0.29) is 0 Å². The van der Waals surface area contributed by atoms with Crippen LogP contribution in [0.1, 0.15) is 16.7 Å². The quantitative estimate of drug-likeness (QED) is 0.589. The Balaban J connectivity index is 1.88. The number of rotatable bonds is 7. The molecular formula is C22H26N4O3. The first-order valence-corrected chi connectivity index (χ1v) is 9.20. The van der Waals surface area contributed by atoms with E-state index in [1.165, 1.54) is 16.7 Å². The van der Waals surface area contributed by atoms with Gasteiger partial charge in [0.05, 0.1) is 21.3 Å². The third-order valence-electron chi connectivity index (χ3n) is 4.51. The van der Waals surface area contributed by atoms with E-state index in [1.54, 1.807) is 39.7 Å². The van der Waals surface area contributed by atoms with Gasteiger partial charge in [0, 0.05) is 29.7 Å². The van der Waals surface area contributed by atoms with Crippen molar-refractivity contribution in [1.82, 2.24) is 9.97 Å². The van der Waals surface area contributed by atoms with Gasteiger partial charge in [0.25, 0.3) is 0 Å². The Morgan fingerprint density at radius 1 is 0.793 bits per heavy atom. The molecule has 0 bridgehead atoms. The molecule has 7 nitrogen and oxygen atoms in total. The number of nitrogens with one attached hydrogen (secondary N) is 2. The molecule has 0 atom stereocenters. The molecule has 3 rings (SSSR count). The van der Waals surface area contributed by atoms with Crippen LogP contribution in [0.4, 0.5) is 23.1 Å². The smallest absolute Gasteiger partial charge is 0.229 e. The van der Waals surface area contributed by atoms with Gasteiger partial charge in [-0.2, -0.15) is 4.98 Å². The highest BCUT2D eigenvalue weighted by atomic mass is 16.5. The number of benzene rings is 2. The highest BCUT2D eigenvalue weighted by Gasteiger charge is 2.14. The molecule has 0 aliphatic heterocycles. The number of aromatic nitrogens is 2. The number of nitrogens with zero attached hydrogens (tertiary/aromatic N) is 2. The number of hydrogen-bond donors (Lipinski definition) is 2. The molecule has 0 aliphatic rings. The Bertz CT molecular complexity index is 973. The van der Waals surface area contributed by atoms with E-state index in [4.69, 9.17) is 14.2 Å². The summed E-state index contributed by atoms with van der Waals surface area (Å²) in [7, 11) is 4.73. The average molecular weight is 394 g/mol. The van der Waals surface area contributed by atoms with Crippen LogP contribution in [0.5, 0.6) is 17.2 Å². The van der Waals surface area contributed by atoms with Crippen molar-refractivity contribution in [2.24, 2.45) is 0 Å². The van der Waals surface area contributed by atoms with Crippen LogP contribution in [0, 0.1) is 20.8 Å². The molecule has 0 radical (unpaired) electrons.